The van der Waals surface area contributed by atoms with Crippen molar-refractivity contribution >= 4 is 23.2 Å². The SMILES string of the molecule is Cc1ccc(C(=O)Nc2cnn(C)c2C(=O)N2CCCCC2)cc1[N+](=O)[O-]. The topological polar surface area (TPSA) is 110 Å². The summed E-state index contributed by atoms with van der Waals surface area (Å²) in [5, 5.41) is 17.8. The highest BCUT2D eigenvalue weighted by Crippen LogP contribution is 2.22. The largest absolute Gasteiger partial charge is 0.337 e. The summed E-state index contributed by atoms with van der Waals surface area (Å²) in [7, 11) is 1.64. The molecule has 0 saturated carbocycles. The van der Waals surface area contributed by atoms with Crippen molar-refractivity contribution in [1.82, 2.24) is 14.7 Å². The number of nitro groups is 1. The number of aromatic nitrogens is 2. The minimum Gasteiger partial charge on any atom is -0.337 e. The van der Waals surface area contributed by atoms with Crippen LogP contribution in [0.25, 0.3) is 0 Å². The second-order valence-corrected chi connectivity index (χ2v) is 6.60. The number of hydrogen-bond acceptors (Lipinski definition) is 5. The molecule has 0 aliphatic carbocycles. The number of likely N-dealkylation sites (tertiary alicyclic amines) is 1. The van der Waals surface area contributed by atoms with E-state index in [1.165, 1.54) is 29.1 Å². The molecule has 2 amide bonds. The Kier molecular flexibility index (Phi) is 5.20. The number of carbonyl (C=O) groups excluding carboxylic acids is 2. The first kappa shape index (κ1) is 18.6. The molecule has 9 heteroatoms. The third-order valence-corrected chi connectivity index (χ3v) is 4.70. The van der Waals surface area contributed by atoms with E-state index in [1.54, 1.807) is 18.9 Å². The van der Waals surface area contributed by atoms with Gasteiger partial charge in [0, 0.05) is 37.3 Å². The molecule has 1 aromatic carbocycles. The molecule has 142 valence electrons. The van der Waals surface area contributed by atoms with E-state index in [-0.39, 0.29) is 17.2 Å². The summed E-state index contributed by atoms with van der Waals surface area (Å²) in [6.07, 6.45) is 4.43. The van der Waals surface area contributed by atoms with Crippen molar-refractivity contribution in [1.29, 1.82) is 0 Å². The van der Waals surface area contributed by atoms with Gasteiger partial charge in [-0.3, -0.25) is 24.4 Å². The van der Waals surface area contributed by atoms with Crippen molar-refractivity contribution in [2.45, 2.75) is 26.2 Å². The smallest absolute Gasteiger partial charge is 0.274 e. The summed E-state index contributed by atoms with van der Waals surface area (Å²) < 4.78 is 1.43. The fraction of sp³-hybridized carbons (Fsp3) is 0.389. The molecule has 1 aliphatic rings. The van der Waals surface area contributed by atoms with E-state index in [0.717, 1.165) is 19.3 Å². The van der Waals surface area contributed by atoms with Crippen molar-refractivity contribution in [3.63, 3.8) is 0 Å². The van der Waals surface area contributed by atoms with Crippen molar-refractivity contribution in [3.05, 3.63) is 51.3 Å². The van der Waals surface area contributed by atoms with E-state index >= 15 is 0 Å². The Morgan fingerprint density at radius 2 is 1.93 bits per heavy atom. The third kappa shape index (κ3) is 3.81. The molecule has 2 heterocycles. The highest BCUT2D eigenvalue weighted by Gasteiger charge is 2.25. The van der Waals surface area contributed by atoms with Crippen LogP contribution in [0.4, 0.5) is 11.4 Å². The molecule has 1 aliphatic heterocycles. The van der Waals surface area contributed by atoms with Gasteiger partial charge < -0.3 is 10.2 Å². The zero-order valence-corrected chi connectivity index (χ0v) is 15.3. The average molecular weight is 371 g/mol. The molecule has 0 atom stereocenters. The zero-order chi connectivity index (χ0) is 19.6. The van der Waals surface area contributed by atoms with Gasteiger partial charge in [0.05, 0.1) is 16.8 Å². The number of aryl methyl sites for hydroxylation is 2. The van der Waals surface area contributed by atoms with Crippen LogP contribution >= 0.6 is 0 Å². The van der Waals surface area contributed by atoms with E-state index in [4.69, 9.17) is 0 Å². The molecule has 0 bridgehead atoms. The van der Waals surface area contributed by atoms with E-state index < -0.39 is 10.8 Å². The summed E-state index contributed by atoms with van der Waals surface area (Å²) in [6, 6.07) is 4.27. The van der Waals surface area contributed by atoms with Gasteiger partial charge in [0.25, 0.3) is 17.5 Å². The molecule has 1 N–H and O–H groups in total. The Balaban J connectivity index is 1.84. The Hall–Kier alpha value is -3.23. The summed E-state index contributed by atoms with van der Waals surface area (Å²) in [5.41, 5.74) is 1.08. The van der Waals surface area contributed by atoms with E-state index in [2.05, 4.69) is 10.4 Å². The standard InChI is InChI=1S/C18H21N5O4/c1-12-6-7-13(10-15(12)23(26)27)17(24)20-14-11-19-21(2)16(14)18(25)22-8-4-3-5-9-22/h6-7,10-11H,3-5,8-9H2,1-2H3,(H,20,24). The summed E-state index contributed by atoms with van der Waals surface area (Å²) in [5.74, 6) is -0.710. The first-order valence-electron chi connectivity index (χ1n) is 8.76. The summed E-state index contributed by atoms with van der Waals surface area (Å²) in [6.45, 7) is 2.97. The average Bonchev–Trinajstić information content (AvgIpc) is 3.02. The molecule has 0 unspecified atom stereocenters. The number of nitrogens with one attached hydrogen (secondary N) is 1. The number of rotatable bonds is 4. The van der Waals surface area contributed by atoms with E-state index in [0.29, 0.717) is 30.0 Å². The van der Waals surface area contributed by atoms with Crippen LogP contribution in [0.3, 0.4) is 0 Å². The zero-order valence-electron chi connectivity index (χ0n) is 15.3. The Morgan fingerprint density at radius 1 is 1.22 bits per heavy atom. The molecule has 1 fully saturated rings. The van der Waals surface area contributed by atoms with Crippen LogP contribution in [-0.2, 0) is 7.05 Å². The molecule has 3 rings (SSSR count). The Labute approximate surface area is 156 Å². The minimum atomic E-state index is -0.529. The van der Waals surface area contributed by atoms with E-state index in [1.807, 2.05) is 0 Å². The predicted octanol–water partition coefficient (Wildman–Crippen LogP) is 2.52. The first-order valence-corrected chi connectivity index (χ1v) is 8.76. The van der Waals surface area contributed by atoms with Crippen LogP contribution in [0, 0.1) is 17.0 Å². The van der Waals surface area contributed by atoms with Gasteiger partial charge in [0.2, 0.25) is 0 Å². The number of amides is 2. The molecule has 1 aromatic heterocycles. The number of hydrogen-bond donors (Lipinski definition) is 1. The quantitative estimate of drug-likeness (QED) is 0.656. The maximum absolute atomic E-state index is 12.8. The lowest BCUT2D eigenvalue weighted by atomic mass is 10.1. The van der Waals surface area contributed by atoms with Gasteiger partial charge in [0.15, 0.2) is 0 Å². The molecule has 2 aromatic rings. The summed E-state index contributed by atoms with van der Waals surface area (Å²) >= 11 is 0. The minimum absolute atomic E-state index is 0.126. The lowest BCUT2D eigenvalue weighted by molar-refractivity contribution is -0.385. The molecule has 0 radical (unpaired) electrons. The molecule has 0 spiro atoms. The van der Waals surface area contributed by atoms with Crippen LogP contribution in [0.1, 0.15) is 45.7 Å². The van der Waals surface area contributed by atoms with Gasteiger partial charge >= 0.3 is 0 Å². The van der Waals surface area contributed by atoms with Gasteiger partial charge in [-0.05, 0) is 32.3 Å². The van der Waals surface area contributed by atoms with Crippen molar-refractivity contribution in [2.24, 2.45) is 7.05 Å². The van der Waals surface area contributed by atoms with Crippen molar-refractivity contribution < 1.29 is 14.5 Å². The van der Waals surface area contributed by atoms with Gasteiger partial charge in [-0.1, -0.05) is 6.07 Å². The number of nitrogens with zero attached hydrogens (tertiary/aromatic N) is 4. The normalized spacial score (nSPS) is 14.1. The van der Waals surface area contributed by atoms with Crippen LogP contribution in [0.5, 0.6) is 0 Å². The molecular formula is C18H21N5O4. The van der Waals surface area contributed by atoms with Gasteiger partial charge in [-0.15, -0.1) is 0 Å². The molecular weight excluding hydrogens is 350 g/mol. The lowest BCUT2D eigenvalue weighted by Crippen LogP contribution is -2.37. The molecule has 27 heavy (non-hydrogen) atoms. The highest BCUT2D eigenvalue weighted by molar-refractivity contribution is 6.08. The predicted molar refractivity (Wildman–Crippen MR) is 98.7 cm³/mol. The van der Waals surface area contributed by atoms with Gasteiger partial charge in [-0.2, -0.15) is 5.10 Å². The molecule has 9 nitrogen and oxygen atoms in total. The van der Waals surface area contributed by atoms with Crippen LogP contribution < -0.4 is 5.32 Å². The maximum Gasteiger partial charge on any atom is 0.274 e. The van der Waals surface area contributed by atoms with Crippen LogP contribution in [0.15, 0.2) is 24.4 Å². The first-order chi connectivity index (χ1) is 12.9. The van der Waals surface area contributed by atoms with Gasteiger partial charge in [0.1, 0.15) is 5.69 Å². The second kappa shape index (κ2) is 7.56. The van der Waals surface area contributed by atoms with Crippen LogP contribution in [-0.4, -0.2) is 44.5 Å². The number of carbonyl (C=O) groups is 2. The van der Waals surface area contributed by atoms with E-state index in [9.17, 15) is 19.7 Å². The number of benzene rings is 1. The highest BCUT2D eigenvalue weighted by atomic mass is 16.6. The fourth-order valence-electron chi connectivity index (χ4n) is 3.17. The van der Waals surface area contributed by atoms with Crippen LogP contribution in [0.2, 0.25) is 0 Å². The molecule has 1 saturated heterocycles. The van der Waals surface area contributed by atoms with Crippen molar-refractivity contribution in [2.75, 3.05) is 18.4 Å². The second-order valence-electron chi connectivity index (χ2n) is 6.60. The maximum atomic E-state index is 12.8. The fourth-order valence-corrected chi connectivity index (χ4v) is 3.17. The Morgan fingerprint density at radius 3 is 2.59 bits per heavy atom. The van der Waals surface area contributed by atoms with Gasteiger partial charge in [-0.25, -0.2) is 0 Å². The number of anilines is 1. The lowest BCUT2D eigenvalue weighted by Gasteiger charge is -2.27. The monoisotopic (exact) mass is 371 g/mol. The summed E-state index contributed by atoms with van der Waals surface area (Å²) in [4.78, 5) is 37.7. The Bertz CT molecular complexity index is 899. The third-order valence-electron chi connectivity index (χ3n) is 4.70. The van der Waals surface area contributed by atoms with Crippen molar-refractivity contribution in [3.8, 4) is 0 Å². The number of nitro benzene ring substituents is 1. The number of piperidine rings is 1.